The van der Waals surface area contributed by atoms with Gasteiger partial charge in [-0.05, 0) is 25.0 Å². The molecule has 0 unspecified atom stereocenters. The van der Waals surface area contributed by atoms with Crippen LogP contribution in [0.5, 0.6) is 0 Å². The maximum Gasteiger partial charge on any atom is 0.431 e. The van der Waals surface area contributed by atoms with E-state index in [0.717, 1.165) is 6.92 Å². The van der Waals surface area contributed by atoms with Gasteiger partial charge in [0.05, 0.1) is 21.9 Å². The smallest absolute Gasteiger partial charge is 0.382 e. The molecule has 1 amide bonds. The molecule has 186 valence electrons. The second-order valence-corrected chi connectivity index (χ2v) is 9.65. The maximum atomic E-state index is 13.6. The summed E-state index contributed by atoms with van der Waals surface area (Å²) in [5, 5.41) is 4.39. The number of sulfone groups is 1. The number of carbonyl (C=O) groups excluding carboxylic acids is 1. The van der Waals surface area contributed by atoms with Gasteiger partial charge < -0.3 is 10.6 Å². The summed E-state index contributed by atoms with van der Waals surface area (Å²) in [5.74, 6) is -2.08. The number of nitrogens with one attached hydrogen (secondary N) is 2. The minimum atomic E-state index is -4.96. The number of nitrogens with zero attached hydrogens (tertiary/aromatic N) is 2. The molecule has 8 nitrogen and oxygen atoms in total. The quantitative estimate of drug-likeness (QED) is 0.572. The zero-order valence-corrected chi connectivity index (χ0v) is 18.5. The van der Waals surface area contributed by atoms with Gasteiger partial charge in [0.1, 0.15) is 17.1 Å². The van der Waals surface area contributed by atoms with Crippen molar-refractivity contribution in [3.63, 3.8) is 0 Å². The van der Waals surface area contributed by atoms with Gasteiger partial charge in [-0.1, -0.05) is 6.92 Å². The number of hydrogen-bond donors (Lipinski definition) is 2. The molecule has 2 aromatic rings. The van der Waals surface area contributed by atoms with Crippen molar-refractivity contribution in [2.75, 3.05) is 23.4 Å². The molecule has 3 rings (SSSR count). The predicted octanol–water partition coefficient (Wildman–Crippen LogP) is 3.70. The first-order valence-corrected chi connectivity index (χ1v) is 11.4. The highest BCUT2D eigenvalue weighted by Crippen LogP contribution is 2.41. The Morgan fingerprint density at radius 2 is 1.76 bits per heavy atom. The maximum absolute atomic E-state index is 13.6. The van der Waals surface area contributed by atoms with Crippen LogP contribution in [0.25, 0.3) is 0 Å². The molecule has 1 saturated carbocycles. The van der Waals surface area contributed by atoms with E-state index in [1.54, 1.807) is 0 Å². The van der Waals surface area contributed by atoms with Crippen LogP contribution in [-0.4, -0.2) is 36.7 Å². The average Bonchev–Trinajstić information content (AvgIpc) is 3.56. The summed E-state index contributed by atoms with van der Waals surface area (Å²) in [5.41, 5.74) is -5.86. The summed E-state index contributed by atoms with van der Waals surface area (Å²) < 4.78 is 105. The van der Waals surface area contributed by atoms with Gasteiger partial charge in [-0.25, -0.2) is 13.4 Å². The molecule has 2 aromatic heterocycles. The lowest BCUT2D eigenvalue weighted by atomic mass is 10.2. The molecule has 34 heavy (non-hydrogen) atoms. The zero-order chi connectivity index (χ0) is 25.6. The molecule has 1 aliphatic carbocycles. The molecular formula is C19H18F6N4O4S. The predicted molar refractivity (Wildman–Crippen MR) is 108 cm³/mol. The fourth-order valence-corrected chi connectivity index (χ4v) is 4.28. The van der Waals surface area contributed by atoms with Crippen LogP contribution in [0.4, 0.5) is 37.7 Å². The third kappa shape index (κ3) is 4.88. The lowest BCUT2D eigenvalue weighted by Crippen LogP contribution is -2.31. The van der Waals surface area contributed by atoms with E-state index in [0.29, 0.717) is 23.5 Å². The number of hydrogen-bond acceptors (Lipinski definition) is 6. The third-order valence-electron chi connectivity index (χ3n) is 5.05. The van der Waals surface area contributed by atoms with Gasteiger partial charge in [0.25, 0.3) is 11.5 Å². The van der Waals surface area contributed by atoms with Gasteiger partial charge in [0, 0.05) is 19.3 Å². The minimum Gasteiger partial charge on any atom is -0.382 e. The Hall–Kier alpha value is -3.10. The van der Waals surface area contributed by atoms with Crippen molar-refractivity contribution in [2.24, 2.45) is 0 Å². The zero-order valence-electron chi connectivity index (χ0n) is 17.6. The number of aromatic nitrogens is 2. The molecule has 0 spiro atoms. The molecule has 0 saturated heterocycles. The van der Waals surface area contributed by atoms with Gasteiger partial charge >= 0.3 is 12.4 Å². The van der Waals surface area contributed by atoms with E-state index in [2.05, 4.69) is 10.3 Å². The van der Waals surface area contributed by atoms with Crippen LogP contribution in [0.2, 0.25) is 0 Å². The van der Waals surface area contributed by atoms with E-state index < -0.39 is 78.7 Å². The summed E-state index contributed by atoms with van der Waals surface area (Å²) in [7, 11) is -3.18. The van der Waals surface area contributed by atoms with Gasteiger partial charge in [-0.2, -0.15) is 26.3 Å². The Morgan fingerprint density at radius 3 is 2.24 bits per heavy atom. The highest BCUT2D eigenvalue weighted by molar-refractivity contribution is 7.91. The first kappa shape index (κ1) is 25.5. The summed E-state index contributed by atoms with van der Waals surface area (Å²) in [6.45, 7) is 1.13. The normalized spacial score (nSPS) is 14.7. The van der Waals surface area contributed by atoms with Crippen LogP contribution in [0, 0.1) is 0 Å². The van der Waals surface area contributed by atoms with Crippen molar-refractivity contribution in [1.29, 1.82) is 0 Å². The van der Waals surface area contributed by atoms with E-state index in [-0.39, 0.29) is 12.3 Å². The van der Waals surface area contributed by atoms with E-state index >= 15 is 0 Å². The molecule has 0 bridgehead atoms. The van der Waals surface area contributed by atoms with Crippen molar-refractivity contribution >= 4 is 27.1 Å². The van der Waals surface area contributed by atoms with Gasteiger partial charge in [-0.3, -0.25) is 14.2 Å². The number of anilines is 2. The second kappa shape index (κ2) is 8.60. The molecule has 0 aliphatic heterocycles. The Bertz CT molecular complexity index is 1300. The number of halogens is 6. The standard InChI is InChI=1S/C19H18F6N4O4S/c1-3-34(32,33)12-6-9(18(20,21)22)8-27-15(12)16(30)28-11-7-13(19(23,24)25)29(10-4-5-10)17(31)14(11)26-2/h6-8,10,26H,3-5H2,1-2H3,(H,28,30). The summed E-state index contributed by atoms with van der Waals surface area (Å²) in [4.78, 5) is 27.8. The molecule has 1 fully saturated rings. The van der Waals surface area contributed by atoms with E-state index in [1.165, 1.54) is 7.05 Å². The van der Waals surface area contributed by atoms with Gasteiger partial charge in [-0.15, -0.1) is 0 Å². The molecule has 1 aliphatic rings. The van der Waals surface area contributed by atoms with Crippen molar-refractivity contribution in [3.05, 3.63) is 45.6 Å². The number of pyridine rings is 2. The van der Waals surface area contributed by atoms with E-state index in [1.807, 2.05) is 5.32 Å². The Balaban J connectivity index is 2.15. The highest BCUT2D eigenvalue weighted by Gasteiger charge is 2.41. The molecular weight excluding hydrogens is 494 g/mol. The minimum absolute atomic E-state index is 0.228. The van der Waals surface area contributed by atoms with Crippen LogP contribution in [0.15, 0.2) is 28.0 Å². The Kier molecular flexibility index (Phi) is 6.45. The van der Waals surface area contributed by atoms with Crippen molar-refractivity contribution in [1.82, 2.24) is 9.55 Å². The monoisotopic (exact) mass is 512 g/mol. The SMILES string of the molecule is CCS(=O)(=O)c1cc(C(F)(F)F)cnc1C(=O)Nc1cc(C(F)(F)F)n(C2CC2)c(=O)c1NC. The first-order chi connectivity index (χ1) is 15.6. The average molecular weight is 512 g/mol. The molecule has 0 aromatic carbocycles. The van der Waals surface area contributed by atoms with Crippen LogP contribution >= 0.6 is 0 Å². The lowest BCUT2D eigenvalue weighted by molar-refractivity contribution is -0.144. The number of alkyl halides is 6. The fourth-order valence-electron chi connectivity index (χ4n) is 3.22. The van der Waals surface area contributed by atoms with Crippen LogP contribution < -0.4 is 16.2 Å². The Labute approximate surface area is 188 Å². The molecule has 2 N–H and O–H groups in total. The summed E-state index contributed by atoms with van der Waals surface area (Å²) in [6, 6.07) is 0.0619. The number of carbonyl (C=O) groups is 1. The first-order valence-electron chi connectivity index (χ1n) is 9.77. The van der Waals surface area contributed by atoms with Crippen LogP contribution in [-0.2, 0) is 22.2 Å². The number of amides is 1. The van der Waals surface area contributed by atoms with E-state index in [4.69, 9.17) is 0 Å². The topological polar surface area (TPSA) is 110 Å². The fraction of sp³-hybridized carbons (Fsp3) is 0.421. The van der Waals surface area contributed by atoms with Crippen LogP contribution in [0.3, 0.4) is 0 Å². The van der Waals surface area contributed by atoms with Crippen molar-refractivity contribution < 1.29 is 39.6 Å². The summed E-state index contributed by atoms with van der Waals surface area (Å²) in [6.07, 6.45) is -8.99. The van der Waals surface area contributed by atoms with Crippen molar-refractivity contribution in [2.45, 2.75) is 43.1 Å². The Morgan fingerprint density at radius 1 is 1.15 bits per heavy atom. The largest absolute Gasteiger partial charge is 0.431 e. The third-order valence-corrected chi connectivity index (χ3v) is 6.79. The van der Waals surface area contributed by atoms with Crippen LogP contribution in [0.1, 0.15) is 47.6 Å². The molecule has 2 heterocycles. The number of rotatable bonds is 6. The highest BCUT2D eigenvalue weighted by atomic mass is 32.2. The molecule has 0 radical (unpaired) electrons. The molecule has 15 heteroatoms. The molecule has 0 atom stereocenters. The lowest BCUT2D eigenvalue weighted by Gasteiger charge is -2.20. The summed E-state index contributed by atoms with van der Waals surface area (Å²) >= 11 is 0. The van der Waals surface area contributed by atoms with Crippen molar-refractivity contribution in [3.8, 4) is 0 Å². The van der Waals surface area contributed by atoms with Gasteiger partial charge in [0.2, 0.25) is 0 Å². The van der Waals surface area contributed by atoms with Gasteiger partial charge in [0.15, 0.2) is 9.84 Å². The van der Waals surface area contributed by atoms with E-state index in [9.17, 15) is 44.3 Å². The second-order valence-electron chi connectivity index (χ2n) is 7.40.